The van der Waals surface area contributed by atoms with Crippen LogP contribution in [0.3, 0.4) is 0 Å². The first-order valence-corrected chi connectivity index (χ1v) is 7.42. The third-order valence-corrected chi connectivity index (χ3v) is 4.36. The van der Waals surface area contributed by atoms with Gasteiger partial charge in [-0.15, -0.1) is 24.0 Å². The van der Waals surface area contributed by atoms with Gasteiger partial charge in [0.2, 0.25) is 0 Å². The van der Waals surface area contributed by atoms with Crippen molar-refractivity contribution < 1.29 is 4.39 Å². The van der Waals surface area contributed by atoms with Crippen molar-refractivity contribution in [3.63, 3.8) is 0 Å². The molecule has 0 radical (unpaired) electrons. The van der Waals surface area contributed by atoms with E-state index in [4.69, 9.17) is 0 Å². The summed E-state index contributed by atoms with van der Waals surface area (Å²) in [5.41, 5.74) is 1.20. The molecule has 1 aromatic carbocycles. The number of hydrogen-bond donors (Lipinski definition) is 2. The third kappa shape index (κ3) is 4.31. The van der Waals surface area contributed by atoms with Gasteiger partial charge in [-0.2, -0.15) is 0 Å². The first-order valence-electron chi connectivity index (χ1n) is 7.42. The lowest BCUT2D eigenvalue weighted by molar-refractivity contribution is 0.606. The highest BCUT2D eigenvalue weighted by Crippen LogP contribution is 2.47. The van der Waals surface area contributed by atoms with Gasteiger partial charge in [-0.25, -0.2) is 4.39 Å². The van der Waals surface area contributed by atoms with Gasteiger partial charge in [-0.3, -0.25) is 4.99 Å². The minimum atomic E-state index is -0.148. The molecule has 2 N–H and O–H groups in total. The lowest BCUT2D eigenvalue weighted by Crippen LogP contribution is -2.42. The average Bonchev–Trinajstić information content (AvgIpc) is 3.35. The minimum Gasteiger partial charge on any atom is -0.356 e. The molecule has 0 unspecified atom stereocenters. The van der Waals surface area contributed by atoms with Crippen LogP contribution in [0.1, 0.15) is 31.2 Å². The maximum Gasteiger partial charge on any atom is 0.191 e. The smallest absolute Gasteiger partial charge is 0.191 e. The standard InChI is InChI=1S/C16H22FN3.HI/c1-18-15(19-10-12-5-6-12)20-11-16(7-8-16)13-3-2-4-14(17)9-13;/h2-4,9,12H,5-8,10-11H2,1H3,(H2,18,19,20);1H. The summed E-state index contributed by atoms with van der Waals surface area (Å²) < 4.78 is 13.4. The third-order valence-electron chi connectivity index (χ3n) is 4.36. The molecule has 2 aliphatic carbocycles. The molecule has 116 valence electrons. The van der Waals surface area contributed by atoms with Crippen molar-refractivity contribution in [1.29, 1.82) is 0 Å². The average molecular weight is 403 g/mol. The van der Waals surface area contributed by atoms with Crippen LogP contribution in [0.15, 0.2) is 29.3 Å². The molecule has 2 saturated carbocycles. The maximum absolute atomic E-state index is 13.4. The number of nitrogens with one attached hydrogen (secondary N) is 2. The van der Waals surface area contributed by atoms with E-state index in [0.29, 0.717) is 0 Å². The highest BCUT2D eigenvalue weighted by atomic mass is 127. The number of nitrogens with zero attached hydrogens (tertiary/aromatic N) is 1. The number of guanidine groups is 1. The molecule has 0 aromatic heterocycles. The van der Waals surface area contributed by atoms with Crippen LogP contribution in [-0.4, -0.2) is 26.1 Å². The maximum atomic E-state index is 13.4. The zero-order chi connectivity index (χ0) is 14.0. The van der Waals surface area contributed by atoms with Gasteiger partial charge in [0.25, 0.3) is 0 Å². The summed E-state index contributed by atoms with van der Waals surface area (Å²) in [7, 11) is 1.80. The summed E-state index contributed by atoms with van der Waals surface area (Å²) in [6.45, 7) is 1.83. The molecule has 0 atom stereocenters. The Balaban J connectivity index is 0.00000161. The normalized spacial score (nSPS) is 19.6. The Bertz CT molecular complexity index is 510. The summed E-state index contributed by atoms with van der Waals surface area (Å²) in [5.74, 6) is 1.54. The molecule has 21 heavy (non-hydrogen) atoms. The van der Waals surface area contributed by atoms with Crippen LogP contribution < -0.4 is 10.6 Å². The van der Waals surface area contributed by atoms with E-state index in [1.807, 2.05) is 6.07 Å². The van der Waals surface area contributed by atoms with Crippen LogP contribution in [0.4, 0.5) is 4.39 Å². The summed E-state index contributed by atoms with van der Waals surface area (Å²) in [5, 5.41) is 6.75. The van der Waals surface area contributed by atoms with E-state index < -0.39 is 0 Å². The van der Waals surface area contributed by atoms with E-state index in [9.17, 15) is 4.39 Å². The molecule has 0 aliphatic heterocycles. The molecule has 0 amide bonds. The highest BCUT2D eigenvalue weighted by Gasteiger charge is 2.44. The van der Waals surface area contributed by atoms with E-state index >= 15 is 0 Å². The molecule has 2 fully saturated rings. The second kappa shape index (κ2) is 6.94. The molecular weight excluding hydrogens is 380 g/mol. The second-order valence-corrected chi connectivity index (χ2v) is 6.04. The highest BCUT2D eigenvalue weighted by molar-refractivity contribution is 14.0. The molecule has 0 heterocycles. The monoisotopic (exact) mass is 403 g/mol. The number of aliphatic imine (C=N–C) groups is 1. The van der Waals surface area contributed by atoms with Crippen molar-refractivity contribution in [3.8, 4) is 0 Å². The summed E-state index contributed by atoms with van der Waals surface area (Å²) >= 11 is 0. The van der Waals surface area contributed by atoms with Crippen LogP contribution in [0, 0.1) is 11.7 Å². The fraction of sp³-hybridized carbons (Fsp3) is 0.562. The quantitative estimate of drug-likeness (QED) is 0.451. The number of hydrogen-bond acceptors (Lipinski definition) is 1. The fourth-order valence-corrected chi connectivity index (χ4v) is 2.57. The molecular formula is C16H23FIN3. The van der Waals surface area contributed by atoms with Gasteiger partial charge in [-0.05, 0) is 49.3 Å². The van der Waals surface area contributed by atoms with Crippen molar-refractivity contribution in [2.75, 3.05) is 20.1 Å². The SMILES string of the molecule is CN=C(NCC1CC1)NCC1(c2cccc(F)c2)CC1.I. The molecule has 3 rings (SSSR count). The molecule has 0 bridgehead atoms. The van der Waals surface area contributed by atoms with Gasteiger partial charge in [0.15, 0.2) is 5.96 Å². The topological polar surface area (TPSA) is 36.4 Å². The molecule has 0 saturated heterocycles. The Kier molecular flexibility index (Phi) is 5.46. The van der Waals surface area contributed by atoms with E-state index in [1.165, 1.54) is 18.9 Å². The summed E-state index contributed by atoms with van der Waals surface area (Å²) in [4.78, 5) is 4.25. The van der Waals surface area contributed by atoms with Gasteiger partial charge in [-0.1, -0.05) is 12.1 Å². The Morgan fingerprint density at radius 2 is 2.10 bits per heavy atom. The summed E-state index contributed by atoms with van der Waals surface area (Å²) in [6, 6.07) is 6.99. The minimum absolute atomic E-state index is 0. The van der Waals surface area contributed by atoms with E-state index in [-0.39, 0.29) is 35.2 Å². The van der Waals surface area contributed by atoms with Gasteiger partial charge in [0.05, 0.1) is 0 Å². The molecule has 2 aliphatic rings. The molecule has 0 spiro atoms. The Morgan fingerprint density at radius 3 is 2.67 bits per heavy atom. The van der Waals surface area contributed by atoms with Gasteiger partial charge >= 0.3 is 0 Å². The van der Waals surface area contributed by atoms with E-state index in [0.717, 1.165) is 43.4 Å². The van der Waals surface area contributed by atoms with Crippen molar-refractivity contribution in [3.05, 3.63) is 35.6 Å². The Morgan fingerprint density at radius 1 is 1.33 bits per heavy atom. The van der Waals surface area contributed by atoms with Crippen LogP contribution >= 0.6 is 24.0 Å². The predicted octanol–water partition coefficient (Wildman–Crippen LogP) is 3.05. The fourth-order valence-electron chi connectivity index (χ4n) is 2.57. The van der Waals surface area contributed by atoms with E-state index in [2.05, 4.69) is 15.6 Å². The van der Waals surface area contributed by atoms with Gasteiger partial charge in [0, 0.05) is 25.6 Å². The van der Waals surface area contributed by atoms with Crippen LogP contribution in [0.5, 0.6) is 0 Å². The largest absolute Gasteiger partial charge is 0.356 e. The van der Waals surface area contributed by atoms with Crippen molar-refractivity contribution in [2.45, 2.75) is 31.1 Å². The van der Waals surface area contributed by atoms with Crippen molar-refractivity contribution >= 4 is 29.9 Å². The molecule has 1 aromatic rings. The van der Waals surface area contributed by atoms with Gasteiger partial charge < -0.3 is 10.6 Å². The summed E-state index contributed by atoms with van der Waals surface area (Å²) in [6.07, 6.45) is 4.89. The van der Waals surface area contributed by atoms with E-state index in [1.54, 1.807) is 19.2 Å². The zero-order valence-electron chi connectivity index (χ0n) is 12.4. The van der Waals surface area contributed by atoms with Gasteiger partial charge in [0.1, 0.15) is 5.82 Å². The number of halogens is 2. The lowest BCUT2D eigenvalue weighted by Gasteiger charge is -2.19. The number of benzene rings is 1. The Hall–Kier alpha value is -0.850. The zero-order valence-corrected chi connectivity index (χ0v) is 14.7. The van der Waals surface area contributed by atoms with Crippen LogP contribution in [0.2, 0.25) is 0 Å². The molecule has 5 heteroatoms. The predicted molar refractivity (Wildman–Crippen MR) is 94.8 cm³/mol. The first-order chi connectivity index (χ1) is 9.72. The number of rotatable bonds is 5. The lowest BCUT2D eigenvalue weighted by atomic mass is 9.96. The first kappa shape index (κ1) is 16.5. The Labute approximate surface area is 142 Å². The van der Waals surface area contributed by atoms with Crippen molar-refractivity contribution in [2.24, 2.45) is 10.9 Å². The van der Waals surface area contributed by atoms with Crippen LogP contribution in [0.25, 0.3) is 0 Å². The van der Waals surface area contributed by atoms with Crippen molar-refractivity contribution in [1.82, 2.24) is 10.6 Å². The molecule has 3 nitrogen and oxygen atoms in total. The van der Waals surface area contributed by atoms with Crippen LogP contribution in [-0.2, 0) is 5.41 Å². The second-order valence-electron chi connectivity index (χ2n) is 6.04.